The van der Waals surface area contributed by atoms with Crippen molar-refractivity contribution in [2.24, 2.45) is 0 Å². The maximum Gasteiger partial charge on any atom is 0.246 e. The fourth-order valence-corrected chi connectivity index (χ4v) is 3.16. The summed E-state index contributed by atoms with van der Waals surface area (Å²) in [6.45, 7) is 2.94. The van der Waals surface area contributed by atoms with Gasteiger partial charge in [-0.15, -0.1) is 12.4 Å². The Morgan fingerprint density at radius 1 is 1.14 bits per heavy atom. The third-order valence-electron chi connectivity index (χ3n) is 4.53. The van der Waals surface area contributed by atoms with E-state index >= 15 is 0 Å². The lowest BCUT2D eigenvalue weighted by Gasteiger charge is -2.35. The van der Waals surface area contributed by atoms with Crippen LogP contribution in [-0.2, 0) is 11.2 Å². The average molecular weight is 435 g/mol. The minimum Gasteiger partial charge on any atom is -0.368 e. The molecule has 29 heavy (non-hydrogen) atoms. The Morgan fingerprint density at radius 3 is 2.55 bits per heavy atom. The number of carbonyl (C=O) groups is 1. The molecule has 0 saturated carbocycles. The largest absolute Gasteiger partial charge is 0.368 e. The summed E-state index contributed by atoms with van der Waals surface area (Å²) in [5, 5.41) is 9.26. The fourth-order valence-electron chi connectivity index (χ4n) is 3.04. The van der Waals surface area contributed by atoms with E-state index in [4.69, 9.17) is 16.8 Å². The van der Waals surface area contributed by atoms with Crippen molar-refractivity contribution in [2.45, 2.75) is 6.42 Å². The molecule has 2 N–H and O–H groups in total. The van der Waals surface area contributed by atoms with E-state index in [1.165, 1.54) is 6.20 Å². The number of halogens is 2. The van der Waals surface area contributed by atoms with Gasteiger partial charge in [-0.3, -0.25) is 20.5 Å². The highest BCUT2D eigenvalue weighted by Crippen LogP contribution is 2.19. The summed E-state index contributed by atoms with van der Waals surface area (Å²) < 4.78 is 0. The Morgan fingerprint density at radius 2 is 1.86 bits per heavy atom. The molecule has 0 spiro atoms. The number of allylic oxidation sites excluding steroid dienone is 1. The maximum absolute atomic E-state index is 12.5. The first kappa shape index (κ1) is 22.7. The van der Waals surface area contributed by atoms with Crippen LogP contribution in [0.4, 0.5) is 5.69 Å². The lowest BCUT2D eigenvalue weighted by Crippen LogP contribution is -2.48. The molecule has 2 heterocycles. The van der Waals surface area contributed by atoms with E-state index in [1.54, 1.807) is 18.2 Å². The van der Waals surface area contributed by atoms with Crippen molar-refractivity contribution in [3.05, 3.63) is 77.2 Å². The Bertz CT molecular complexity index is 848. The molecular weight excluding hydrogens is 411 g/mol. The van der Waals surface area contributed by atoms with Gasteiger partial charge >= 0.3 is 0 Å². The number of carbonyl (C=O) groups excluding carboxylic acids is 1. The van der Waals surface area contributed by atoms with Gasteiger partial charge in [0.15, 0.2) is 0 Å². The van der Waals surface area contributed by atoms with Crippen molar-refractivity contribution in [2.75, 3.05) is 31.1 Å². The summed E-state index contributed by atoms with van der Waals surface area (Å²) in [5.74, 6) is -0.00710. The summed E-state index contributed by atoms with van der Waals surface area (Å²) in [5.41, 5.74) is 4.68. The van der Waals surface area contributed by atoms with Gasteiger partial charge in [-0.25, -0.2) is 0 Å². The summed E-state index contributed by atoms with van der Waals surface area (Å²) in [7, 11) is 0. The second-order valence-electron chi connectivity index (χ2n) is 6.41. The van der Waals surface area contributed by atoms with Crippen molar-refractivity contribution < 1.29 is 10.0 Å². The van der Waals surface area contributed by atoms with Gasteiger partial charge in [-0.05, 0) is 42.5 Å². The van der Waals surface area contributed by atoms with Gasteiger partial charge in [0.2, 0.25) is 5.91 Å². The highest BCUT2D eigenvalue weighted by molar-refractivity contribution is 6.30. The Labute approximate surface area is 181 Å². The summed E-state index contributed by atoms with van der Waals surface area (Å²) in [6.07, 6.45) is 7.12. The Kier molecular flexibility index (Phi) is 8.99. The number of aromatic nitrogens is 1. The predicted octanol–water partition coefficient (Wildman–Crippen LogP) is 3.55. The number of pyridine rings is 1. The van der Waals surface area contributed by atoms with Crippen LogP contribution >= 0.6 is 24.0 Å². The van der Waals surface area contributed by atoms with Crippen LogP contribution < -0.4 is 10.4 Å². The molecule has 0 unspecified atom stereocenters. The Balaban J connectivity index is 0.00000300. The van der Waals surface area contributed by atoms with Crippen LogP contribution in [0.3, 0.4) is 0 Å². The lowest BCUT2D eigenvalue weighted by molar-refractivity contribution is -0.126. The van der Waals surface area contributed by atoms with Crippen LogP contribution in [0, 0.1) is 0 Å². The predicted molar refractivity (Wildman–Crippen MR) is 119 cm³/mol. The quantitative estimate of drug-likeness (QED) is 0.537. The van der Waals surface area contributed by atoms with E-state index < -0.39 is 0 Å². The number of hydroxylamine groups is 1. The number of nitrogens with zero attached hydrogens (tertiary/aromatic N) is 3. The van der Waals surface area contributed by atoms with Gasteiger partial charge in [-0.1, -0.05) is 23.7 Å². The van der Waals surface area contributed by atoms with Crippen molar-refractivity contribution in [3.63, 3.8) is 0 Å². The summed E-state index contributed by atoms with van der Waals surface area (Å²) >= 11 is 5.94. The van der Waals surface area contributed by atoms with Crippen LogP contribution in [0.1, 0.15) is 11.4 Å². The van der Waals surface area contributed by atoms with E-state index in [9.17, 15) is 4.79 Å². The van der Waals surface area contributed by atoms with Crippen LogP contribution in [0.5, 0.6) is 0 Å². The van der Waals surface area contributed by atoms with E-state index in [0.717, 1.165) is 35.2 Å². The molecule has 1 fully saturated rings. The molecule has 3 rings (SSSR count). The molecule has 2 aromatic rings. The molecule has 1 aliphatic rings. The normalized spacial score (nSPS) is 14.3. The lowest BCUT2D eigenvalue weighted by atomic mass is 10.2. The Hall–Kier alpha value is -2.54. The second kappa shape index (κ2) is 11.5. The minimum absolute atomic E-state index is 0. The number of amides is 1. The molecule has 8 heteroatoms. The molecule has 1 saturated heterocycles. The number of rotatable bonds is 6. The van der Waals surface area contributed by atoms with Crippen LogP contribution in [0.25, 0.3) is 6.08 Å². The van der Waals surface area contributed by atoms with Crippen LogP contribution in [-0.4, -0.2) is 47.2 Å². The van der Waals surface area contributed by atoms with Gasteiger partial charge in [-0.2, -0.15) is 0 Å². The number of benzene rings is 1. The third-order valence-corrected chi connectivity index (χ3v) is 4.78. The topological polar surface area (TPSA) is 68.7 Å². The summed E-state index contributed by atoms with van der Waals surface area (Å²) in [6, 6.07) is 13.4. The van der Waals surface area contributed by atoms with Gasteiger partial charge < -0.3 is 9.80 Å². The van der Waals surface area contributed by atoms with Crippen LogP contribution in [0.15, 0.2) is 60.8 Å². The molecule has 0 atom stereocenters. The summed E-state index contributed by atoms with van der Waals surface area (Å²) in [4.78, 5) is 21.1. The molecule has 1 aromatic heterocycles. The minimum atomic E-state index is -0.00710. The number of anilines is 1. The van der Waals surface area contributed by atoms with Crippen molar-refractivity contribution in [1.82, 2.24) is 15.4 Å². The number of piperazine rings is 1. The molecule has 154 valence electrons. The van der Waals surface area contributed by atoms with Crippen molar-refractivity contribution in [1.29, 1.82) is 0 Å². The van der Waals surface area contributed by atoms with Crippen molar-refractivity contribution >= 4 is 41.7 Å². The zero-order valence-corrected chi connectivity index (χ0v) is 17.4. The first-order chi connectivity index (χ1) is 13.7. The van der Waals surface area contributed by atoms with E-state index in [2.05, 4.69) is 9.88 Å². The molecule has 6 nitrogen and oxygen atoms in total. The van der Waals surface area contributed by atoms with Gasteiger partial charge in [0.05, 0.1) is 5.69 Å². The highest BCUT2D eigenvalue weighted by atomic mass is 35.5. The first-order valence-electron chi connectivity index (χ1n) is 9.14. The maximum atomic E-state index is 12.5. The van der Waals surface area contributed by atoms with E-state index in [1.807, 2.05) is 52.8 Å². The molecule has 1 amide bonds. The van der Waals surface area contributed by atoms with Gasteiger partial charge in [0.25, 0.3) is 0 Å². The van der Waals surface area contributed by atoms with E-state index in [0.29, 0.717) is 19.5 Å². The zero-order chi connectivity index (χ0) is 19.8. The molecule has 0 aliphatic carbocycles. The number of nitrogens with one attached hydrogen (secondary N) is 1. The van der Waals surface area contributed by atoms with Crippen molar-refractivity contribution in [3.8, 4) is 0 Å². The standard InChI is InChI=1S/C21H23ClN4O2.ClH/c22-17-6-9-20(10-7-17)25-13-15-26(16-14-25)21(27)11-8-19-4-1-3-18(24-19)5-2-12-23-28;/h1-4,6-12,23,28H,5,13-16H2;1H/b11-8+,12-2+;. The highest BCUT2D eigenvalue weighted by Gasteiger charge is 2.19. The second-order valence-corrected chi connectivity index (χ2v) is 6.85. The molecule has 0 bridgehead atoms. The zero-order valence-electron chi connectivity index (χ0n) is 15.9. The smallest absolute Gasteiger partial charge is 0.246 e. The molecule has 0 radical (unpaired) electrons. The van der Waals surface area contributed by atoms with Crippen LogP contribution in [0.2, 0.25) is 5.02 Å². The van der Waals surface area contributed by atoms with Gasteiger partial charge in [0, 0.05) is 61.3 Å². The van der Waals surface area contributed by atoms with Gasteiger partial charge in [0.1, 0.15) is 0 Å². The number of hydrogen-bond acceptors (Lipinski definition) is 5. The monoisotopic (exact) mass is 434 g/mol. The van der Waals surface area contributed by atoms with E-state index in [-0.39, 0.29) is 18.3 Å². The average Bonchev–Trinajstić information content (AvgIpc) is 2.73. The fraction of sp³-hybridized carbons (Fsp3) is 0.238. The molecule has 1 aromatic carbocycles. The number of hydrogen-bond donors (Lipinski definition) is 2. The SMILES string of the molecule is Cl.O=C(/C=C/c1cccc(C/C=C/NO)n1)N1CCN(c2ccc(Cl)cc2)CC1. The third kappa shape index (κ3) is 6.78. The molecular formula is C21H24Cl2N4O2. The molecule has 1 aliphatic heterocycles. The first-order valence-corrected chi connectivity index (χ1v) is 9.51.